The van der Waals surface area contributed by atoms with Crippen LogP contribution in [-0.4, -0.2) is 37.3 Å². The summed E-state index contributed by atoms with van der Waals surface area (Å²) in [6.07, 6.45) is 1.39. The minimum atomic E-state index is 0.556. The van der Waals surface area contributed by atoms with Crippen LogP contribution >= 0.6 is 0 Å². The third-order valence-electron chi connectivity index (χ3n) is 1.37. The van der Waals surface area contributed by atoms with Gasteiger partial charge in [0, 0.05) is 20.1 Å². The Labute approximate surface area is 65.4 Å². The van der Waals surface area contributed by atoms with E-state index in [4.69, 9.17) is 4.52 Å². The maximum Gasteiger partial charge on any atom is 0.323 e. The molecule has 5 nitrogen and oxygen atoms in total. The molecule has 0 fully saturated rings. The number of likely N-dealkylation sites (N-methyl/N-ethyl adjacent to an activating group) is 2. The molecule has 0 saturated carbocycles. The summed E-state index contributed by atoms with van der Waals surface area (Å²) < 4.78 is 4.83. The van der Waals surface area contributed by atoms with Gasteiger partial charge in [0.15, 0.2) is 6.33 Å². The standard InChI is InChI=1S/C6H12N4O/c1-7-3-4-10(2)6-8-5-9-11-6/h5,7H,3-4H2,1-2H3. The van der Waals surface area contributed by atoms with Crippen LogP contribution in [0.4, 0.5) is 6.01 Å². The van der Waals surface area contributed by atoms with Gasteiger partial charge in [0.1, 0.15) is 0 Å². The zero-order valence-corrected chi connectivity index (χ0v) is 6.74. The van der Waals surface area contributed by atoms with E-state index in [-0.39, 0.29) is 0 Å². The smallest absolute Gasteiger partial charge is 0.323 e. The largest absolute Gasteiger partial charge is 0.326 e. The molecule has 1 rings (SSSR count). The highest BCUT2D eigenvalue weighted by Crippen LogP contribution is 2.03. The van der Waals surface area contributed by atoms with Gasteiger partial charge in [-0.25, -0.2) is 0 Å². The zero-order chi connectivity index (χ0) is 8.10. The Hall–Kier alpha value is -1.10. The molecule has 1 N–H and O–H groups in total. The van der Waals surface area contributed by atoms with Crippen molar-refractivity contribution in [3.63, 3.8) is 0 Å². The monoisotopic (exact) mass is 156 g/mol. The Bertz CT molecular complexity index is 186. The van der Waals surface area contributed by atoms with Crippen molar-refractivity contribution in [2.75, 3.05) is 32.1 Å². The van der Waals surface area contributed by atoms with Gasteiger partial charge in [-0.2, -0.15) is 4.98 Å². The lowest BCUT2D eigenvalue weighted by atomic mass is 10.6. The zero-order valence-electron chi connectivity index (χ0n) is 6.74. The molecular weight excluding hydrogens is 144 g/mol. The summed E-state index contributed by atoms with van der Waals surface area (Å²) in [4.78, 5) is 5.78. The number of hydrogen-bond acceptors (Lipinski definition) is 5. The van der Waals surface area contributed by atoms with Gasteiger partial charge in [0.2, 0.25) is 0 Å². The summed E-state index contributed by atoms with van der Waals surface area (Å²) in [7, 11) is 3.81. The van der Waals surface area contributed by atoms with Crippen molar-refractivity contribution >= 4 is 6.01 Å². The molecule has 1 aromatic rings. The van der Waals surface area contributed by atoms with E-state index in [1.165, 1.54) is 6.33 Å². The number of rotatable bonds is 4. The van der Waals surface area contributed by atoms with E-state index in [0.29, 0.717) is 6.01 Å². The van der Waals surface area contributed by atoms with Crippen LogP contribution in [0, 0.1) is 0 Å². The maximum atomic E-state index is 4.83. The fourth-order valence-corrected chi connectivity index (χ4v) is 0.711. The molecule has 1 aromatic heterocycles. The molecule has 0 atom stereocenters. The van der Waals surface area contributed by atoms with Crippen LogP contribution in [0.3, 0.4) is 0 Å². The van der Waals surface area contributed by atoms with Crippen LogP contribution in [0.2, 0.25) is 0 Å². The first kappa shape index (κ1) is 8.00. The molecule has 0 spiro atoms. The molecule has 0 saturated heterocycles. The van der Waals surface area contributed by atoms with Crippen LogP contribution in [0.1, 0.15) is 0 Å². The second kappa shape index (κ2) is 3.92. The summed E-state index contributed by atoms with van der Waals surface area (Å²) in [6.45, 7) is 1.76. The molecule has 0 aliphatic rings. The SMILES string of the molecule is CNCCN(C)c1ncno1. The van der Waals surface area contributed by atoms with Crippen molar-refractivity contribution in [2.45, 2.75) is 0 Å². The predicted octanol–water partition coefficient (Wildman–Crippen LogP) is -0.275. The van der Waals surface area contributed by atoms with Crippen molar-refractivity contribution in [1.29, 1.82) is 0 Å². The summed E-state index contributed by atoms with van der Waals surface area (Å²) in [5.74, 6) is 0. The average Bonchev–Trinajstić information content (AvgIpc) is 2.52. The topological polar surface area (TPSA) is 54.2 Å². The molecule has 0 amide bonds. The fourth-order valence-electron chi connectivity index (χ4n) is 0.711. The Morgan fingerprint density at radius 1 is 1.73 bits per heavy atom. The van der Waals surface area contributed by atoms with E-state index < -0.39 is 0 Å². The van der Waals surface area contributed by atoms with Crippen molar-refractivity contribution in [1.82, 2.24) is 15.5 Å². The first-order chi connectivity index (χ1) is 5.34. The Morgan fingerprint density at radius 2 is 2.55 bits per heavy atom. The average molecular weight is 156 g/mol. The lowest BCUT2D eigenvalue weighted by Gasteiger charge is -2.11. The van der Waals surface area contributed by atoms with Crippen molar-refractivity contribution in [2.24, 2.45) is 0 Å². The third kappa shape index (κ3) is 2.19. The van der Waals surface area contributed by atoms with E-state index in [1.807, 2.05) is 19.0 Å². The van der Waals surface area contributed by atoms with E-state index in [1.54, 1.807) is 0 Å². The molecule has 0 aliphatic heterocycles. The second-order valence-corrected chi connectivity index (χ2v) is 2.25. The van der Waals surface area contributed by atoms with Crippen LogP contribution in [0.25, 0.3) is 0 Å². The minimum absolute atomic E-state index is 0.556. The van der Waals surface area contributed by atoms with E-state index in [0.717, 1.165) is 13.1 Å². The van der Waals surface area contributed by atoms with Crippen LogP contribution in [0.15, 0.2) is 10.9 Å². The summed E-state index contributed by atoms with van der Waals surface area (Å²) in [6, 6.07) is 0.556. The first-order valence-corrected chi connectivity index (χ1v) is 3.47. The highest BCUT2D eigenvalue weighted by Gasteiger charge is 2.03. The first-order valence-electron chi connectivity index (χ1n) is 3.47. The van der Waals surface area contributed by atoms with Gasteiger partial charge in [-0.15, -0.1) is 0 Å². The number of nitrogens with one attached hydrogen (secondary N) is 1. The highest BCUT2D eigenvalue weighted by molar-refractivity contribution is 5.20. The van der Waals surface area contributed by atoms with E-state index in [9.17, 15) is 0 Å². The molecule has 0 radical (unpaired) electrons. The van der Waals surface area contributed by atoms with Gasteiger partial charge in [0.25, 0.3) is 0 Å². The summed E-state index contributed by atoms with van der Waals surface area (Å²) >= 11 is 0. The van der Waals surface area contributed by atoms with Gasteiger partial charge in [0.05, 0.1) is 0 Å². The summed E-state index contributed by atoms with van der Waals surface area (Å²) in [5.41, 5.74) is 0. The Balaban J connectivity index is 2.36. The van der Waals surface area contributed by atoms with Crippen LogP contribution in [-0.2, 0) is 0 Å². The predicted molar refractivity (Wildman–Crippen MR) is 41.5 cm³/mol. The van der Waals surface area contributed by atoms with Gasteiger partial charge in [-0.3, -0.25) is 0 Å². The summed E-state index contributed by atoms with van der Waals surface area (Å²) in [5, 5.41) is 6.53. The van der Waals surface area contributed by atoms with Crippen molar-refractivity contribution in [3.05, 3.63) is 6.33 Å². The molecule has 11 heavy (non-hydrogen) atoms. The van der Waals surface area contributed by atoms with Crippen LogP contribution < -0.4 is 10.2 Å². The van der Waals surface area contributed by atoms with E-state index in [2.05, 4.69) is 15.5 Å². The van der Waals surface area contributed by atoms with Gasteiger partial charge < -0.3 is 14.7 Å². The minimum Gasteiger partial charge on any atom is -0.326 e. The van der Waals surface area contributed by atoms with Crippen molar-refractivity contribution < 1.29 is 4.52 Å². The Kier molecular flexibility index (Phi) is 2.85. The van der Waals surface area contributed by atoms with Gasteiger partial charge >= 0.3 is 6.01 Å². The molecule has 0 bridgehead atoms. The number of nitrogens with zero attached hydrogens (tertiary/aromatic N) is 3. The molecular formula is C6H12N4O. The number of anilines is 1. The molecule has 0 aromatic carbocycles. The lowest BCUT2D eigenvalue weighted by Crippen LogP contribution is -2.27. The molecule has 0 aliphatic carbocycles. The maximum absolute atomic E-state index is 4.83. The highest BCUT2D eigenvalue weighted by atomic mass is 16.5. The van der Waals surface area contributed by atoms with Crippen molar-refractivity contribution in [3.8, 4) is 0 Å². The number of aromatic nitrogens is 2. The Morgan fingerprint density at radius 3 is 3.09 bits per heavy atom. The lowest BCUT2D eigenvalue weighted by molar-refractivity contribution is 0.416. The third-order valence-corrected chi connectivity index (χ3v) is 1.37. The van der Waals surface area contributed by atoms with Gasteiger partial charge in [-0.1, -0.05) is 5.16 Å². The quantitative estimate of drug-likeness (QED) is 0.650. The van der Waals surface area contributed by atoms with Crippen LogP contribution in [0.5, 0.6) is 0 Å². The molecule has 1 heterocycles. The van der Waals surface area contributed by atoms with E-state index >= 15 is 0 Å². The normalized spacial score (nSPS) is 10.0. The molecule has 5 heteroatoms. The molecule has 0 unspecified atom stereocenters. The van der Waals surface area contributed by atoms with Gasteiger partial charge in [-0.05, 0) is 7.05 Å². The number of hydrogen-bond donors (Lipinski definition) is 1. The molecule has 62 valence electrons. The fraction of sp³-hybridized carbons (Fsp3) is 0.667. The second-order valence-electron chi connectivity index (χ2n) is 2.25.